The van der Waals surface area contributed by atoms with Crippen LogP contribution in [0.5, 0.6) is 0 Å². The smallest absolute Gasteiger partial charge is 0.337 e. The van der Waals surface area contributed by atoms with Crippen LogP contribution in [0.1, 0.15) is 15.9 Å². The van der Waals surface area contributed by atoms with Gasteiger partial charge in [-0.15, -0.1) is 0 Å². The van der Waals surface area contributed by atoms with Crippen LogP contribution in [-0.4, -0.2) is 21.5 Å². The molecule has 0 aliphatic rings. The van der Waals surface area contributed by atoms with Crippen LogP contribution in [0.3, 0.4) is 0 Å². The minimum absolute atomic E-state index is 0.00238. The Morgan fingerprint density at radius 1 is 1.18 bits per heavy atom. The molecule has 0 aliphatic heterocycles. The van der Waals surface area contributed by atoms with Gasteiger partial charge in [0.2, 0.25) is 10.0 Å². The Morgan fingerprint density at radius 2 is 1.91 bits per heavy atom. The van der Waals surface area contributed by atoms with E-state index in [4.69, 9.17) is 11.6 Å². The lowest BCUT2D eigenvalue weighted by Gasteiger charge is -2.08. The fourth-order valence-electron chi connectivity index (χ4n) is 1.82. The molecule has 0 aliphatic carbocycles. The quantitative estimate of drug-likeness (QED) is 0.850. The Kier molecular flexibility index (Phi) is 5.18. The summed E-state index contributed by atoms with van der Waals surface area (Å²) in [7, 11) is -2.50. The summed E-state index contributed by atoms with van der Waals surface area (Å²) in [5.74, 6) is -0.591. The molecule has 1 N–H and O–H groups in total. The van der Waals surface area contributed by atoms with Crippen molar-refractivity contribution in [2.45, 2.75) is 11.4 Å². The van der Waals surface area contributed by atoms with E-state index >= 15 is 0 Å². The molecule has 0 heterocycles. The Morgan fingerprint density at radius 3 is 2.59 bits per heavy atom. The molecule has 0 saturated heterocycles. The predicted molar refractivity (Wildman–Crippen MR) is 83.3 cm³/mol. The van der Waals surface area contributed by atoms with Crippen molar-refractivity contribution in [1.29, 1.82) is 0 Å². The standard InChI is InChI=1S/C15H14ClNO4S/c1-21-15(18)12-5-3-7-14(9-12)22(19,20)17-10-11-4-2-6-13(16)8-11/h2-9,17H,10H2,1H3. The first-order chi connectivity index (χ1) is 10.4. The molecule has 0 bridgehead atoms. The molecule has 2 rings (SSSR count). The van der Waals surface area contributed by atoms with E-state index in [1.807, 2.05) is 0 Å². The van der Waals surface area contributed by atoms with Crippen LogP contribution in [0.15, 0.2) is 53.4 Å². The summed E-state index contributed by atoms with van der Waals surface area (Å²) < 4.78 is 31.6. The molecule has 2 aromatic carbocycles. The molecule has 7 heteroatoms. The monoisotopic (exact) mass is 339 g/mol. The molecule has 116 valence electrons. The number of rotatable bonds is 5. The number of benzene rings is 2. The zero-order valence-corrected chi connectivity index (χ0v) is 13.3. The second kappa shape index (κ2) is 6.91. The zero-order valence-electron chi connectivity index (χ0n) is 11.7. The highest BCUT2D eigenvalue weighted by Crippen LogP contribution is 2.14. The number of hydrogen-bond acceptors (Lipinski definition) is 4. The average molecular weight is 340 g/mol. The molecule has 0 saturated carbocycles. The fraction of sp³-hybridized carbons (Fsp3) is 0.133. The van der Waals surface area contributed by atoms with Crippen LogP contribution >= 0.6 is 11.6 Å². The Hall–Kier alpha value is -1.89. The van der Waals surface area contributed by atoms with E-state index in [0.717, 1.165) is 5.56 Å². The minimum atomic E-state index is -3.74. The van der Waals surface area contributed by atoms with Crippen molar-refractivity contribution in [1.82, 2.24) is 4.72 Å². The van der Waals surface area contributed by atoms with E-state index in [2.05, 4.69) is 9.46 Å². The average Bonchev–Trinajstić information content (AvgIpc) is 2.52. The molecule has 0 unspecified atom stereocenters. The highest BCUT2D eigenvalue weighted by atomic mass is 35.5. The van der Waals surface area contributed by atoms with Gasteiger partial charge in [-0.2, -0.15) is 0 Å². The van der Waals surface area contributed by atoms with E-state index in [1.165, 1.54) is 31.4 Å². The molecule has 0 atom stereocenters. The maximum atomic E-state index is 12.3. The lowest BCUT2D eigenvalue weighted by molar-refractivity contribution is 0.0600. The number of nitrogens with one attached hydrogen (secondary N) is 1. The Bertz CT molecular complexity index is 790. The second-order valence-corrected chi connectivity index (χ2v) is 6.68. The molecule has 5 nitrogen and oxygen atoms in total. The number of carbonyl (C=O) groups excluding carboxylic acids is 1. The van der Waals surface area contributed by atoms with Crippen molar-refractivity contribution in [2.24, 2.45) is 0 Å². The van der Waals surface area contributed by atoms with E-state index < -0.39 is 16.0 Å². The topological polar surface area (TPSA) is 72.5 Å². The van der Waals surface area contributed by atoms with Gasteiger partial charge in [0.05, 0.1) is 17.6 Å². The minimum Gasteiger partial charge on any atom is -0.465 e. The van der Waals surface area contributed by atoms with Crippen LogP contribution in [-0.2, 0) is 21.3 Å². The van der Waals surface area contributed by atoms with Crippen molar-refractivity contribution in [3.8, 4) is 0 Å². The van der Waals surface area contributed by atoms with Gasteiger partial charge in [-0.3, -0.25) is 0 Å². The third-order valence-electron chi connectivity index (χ3n) is 2.92. The molecule has 0 fully saturated rings. The van der Waals surface area contributed by atoms with Crippen LogP contribution < -0.4 is 4.72 Å². The molecular weight excluding hydrogens is 326 g/mol. The highest BCUT2D eigenvalue weighted by Gasteiger charge is 2.16. The molecule has 2 aromatic rings. The van der Waals surface area contributed by atoms with Gasteiger partial charge >= 0.3 is 5.97 Å². The largest absolute Gasteiger partial charge is 0.465 e. The van der Waals surface area contributed by atoms with Gasteiger partial charge in [0.15, 0.2) is 0 Å². The Labute approximate surface area is 133 Å². The summed E-state index contributed by atoms with van der Waals surface area (Å²) in [5, 5.41) is 0.532. The summed E-state index contributed by atoms with van der Waals surface area (Å²) in [6, 6.07) is 12.5. The van der Waals surface area contributed by atoms with Gasteiger partial charge in [0.25, 0.3) is 0 Å². The molecular formula is C15H14ClNO4S. The second-order valence-electron chi connectivity index (χ2n) is 4.47. The molecule has 0 radical (unpaired) electrons. The van der Waals surface area contributed by atoms with E-state index in [-0.39, 0.29) is 17.0 Å². The summed E-state index contributed by atoms with van der Waals surface area (Å²) in [6.45, 7) is 0.103. The summed E-state index contributed by atoms with van der Waals surface area (Å²) in [4.78, 5) is 11.5. The number of esters is 1. The van der Waals surface area contributed by atoms with Crippen molar-refractivity contribution >= 4 is 27.6 Å². The van der Waals surface area contributed by atoms with Gasteiger partial charge in [0, 0.05) is 11.6 Å². The fourth-order valence-corrected chi connectivity index (χ4v) is 3.09. The number of methoxy groups -OCH3 is 1. The predicted octanol–water partition coefficient (Wildman–Crippen LogP) is 2.61. The summed E-state index contributed by atoms with van der Waals surface area (Å²) >= 11 is 5.85. The van der Waals surface area contributed by atoms with E-state index in [9.17, 15) is 13.2 Å². The first-order valence-corrected chi connectivity index (χ1v) is 8.21. The summed E-state index contributed by atoms with van der Waals surface area (Å²) in [5.41, 5.74) is 0.910. The number of hydrogen-bond donors (Lipinski definition) is 1. The third-order valence-corrected chi connectivity index (χ3v) is 4.55. The SMILES string of the molecule is COC(=O)c1cccc(S(=O)(=O)NCc2cccc(Cl)c2)c1. The number of carbonyl (C=O) groups is 1. The molecule has 0 aromatic heterocycles. The van der Waals surface area contributed by atoms with Crippen LogP contribution in [0.4, 0.5) is 0 Å². The molecule has 0 amide bonds. The van der Waals surface area contributed by atoms with Crippen molar-refractivity contribution in [3.63, 3.8) is 0 Å². The van der Waals surface area contributed by atoms with Crippen molar-refractivity contribution in [2.75, 3.05) is 7.11 Å². The zero-order chi connectivity index (χ0) is 16.2. The lowest BCUT2D eigenvalue weighted by atomic mass is 10.2. The van der Waals surface area contributed by atoms with E-state index in [0.29, 0.717) is 5.02 Å². The number of ether oxygens (including phenoxy) is 1. The van der Waals surface area contributed by atoms with Crippen molar-refractivity contribution < 1.29 is 17.9 Å². The van der Waals surface area contributed by atoms with Gasteiger partial charge < -0.3 is 4.74 Å². The van der Waals surface area contributed by atoms with Gasteiger partial charge in [0.1, 0.15) is 0 Å². The van der Waals surface area contributed by atoms with Crippen LogP contribution in [0, 0.1) is 0 Å². The van der Waals surface area contributed by atoms with Crippen molar-refractivity contribution in [3.05, 3.63) is 64.7 Å². The maximum absolute atomic E-state index is 12.3. The highest BCUT2D eigenvalue weighted by molar-refractivity contribution is 7.89. The third kappa shape index (κ3) is 4.07. The van der Waals surface area contributed by atoms with E-state index in [1.54, 1.807) is 24.3 Å². The molecule has 0 spiro atoms. The number of sulfonamides is 1. The lowest BCUT2D eigenvalue weighted by Crippen LogP contribution is -2.23. The van der Waals surface area contributed by atoms with Crippen LogP contribution in [0.2, 0.25) is 5.02 Å². The van der Waals surface area contributed by atoms with Gasteiger partial charge in [-0.25, -0.2) is 17.9 Å². The maximum Gasteiger partial charge on any atom is 0.337 e. The first kappa shape index (κ1) is 16.5. The normalized spacial score (nSPS) is 11.2. The van der Waals surface area contributed by atoms with Gasteiger partial charge in [-0.1, -0.05) is 29.8 Å². The summed E-state index contributed by atoms with van der Waals surface area (Å²) in [6.07, 6.45) is 0. The molecule has 22 heavy (non-hydrogen) atoms. The van der Waals surface area contributed by atoms with Gasteiger partial charge in [-0.05, 0) is 35.9 Å². The number of halogens is 1. The Balaban J connectivity index is 2.18. The first-order valence-electron chi connectivity index (χ1n) is 6.35. The van der Waals surface area contributed by atoms with Crippen LogP contribution in [0.25, 0.3) is 0 Å².